The van der Waals surface area contributed by atoms with Gasteiger partial charge in [-0.05, 0) is 12.8 Å². The molecule has 44 heavy (non-hydrogen) atoms. The molecule has 1 saturated carbocycles. The van der Waals surface area contributed by atoms with E-state index in [0.717, 1.165) is 17.2 Å². The van der Waals surface area contributed by atoms with Crippen molar-refractivity contribution < 1.29 is 75.6 Å². The summed E-state index contributed by atoms with van der Waals surface area (Å²) in [4.78, 5) is 21.8. The van der Waals surface area contributed by atoms with Gasteiger partial charge < -0.3 is 45.6 Å². The monoisotopic (exact) mass is 697 g/mol. The molecule has 4 heterocycles. The molecule has 3 aliphatic rings. The van der Waals surface area contributed by atoms with Crippen molar-refractivity contribution in [2.24, 2.45) is 5.92 Å². The molecule has 0 spiro atoms. The third kappa shape index (κ3) is 6.14. The smallest absolute Gasteiger partial charge is 0.393 e. The van der Waals surface area contributed by atoms with E-state index in [1.165, 1.54) is 0 Å². The normalized spacial score (nSPS) is 39.6. The lowest BCUT2D eigenvalue weighted by molar-refractivity contribution is -0.287. The molecule has 1 aliphatic carbocycles. The van der Waals surface area contributed by atoms with E-state index in [4.69, 9.17) is 24.8 Å². The highest BCUT2D eigenvalue weighted by Crippen LogP contribution is 2.67. The topological polar surface area (TPSA) is 271 Å². The number of thiol groups is 1. The first-order valence-electron chi connectivity index (χ1n) is 12.8. The number of aliphatic hydroxyl groups excluding tert-OH is 5. The molecule has 0 radical (unpaired) electrons. The molecule has 18 nitrogen and oxygen atoms in total. The molecule has 248 valence electrons. The van der Waals surface area contributed by atoms with Crippen LogP contribution in [0.1, 0.15) is 19.1 Å². The maximum atomic E-state index is 16.5. The van der Waals surface area contributed by atoms with Gasteiger partial charge in [0.2, 0.25) is 0 Å². The Bertz CT molecular complexity index is 1480. The molecule has 2 aliphatic heterocycles. The number of alkyl halides is 3. The van der Waals surface area contributed by atoms with Gasteiger partial charge in [0.15, 0.2) is 41.9 Å². The average Bonchev–Trinajstić information content (AvgIpc) is 3.69. The van der Waals surface area contributed by atoms with Crippen LogP contribution in [0.25, 0.3) is 11.2 Å². The zero-order valence-corrected chi connectivity index (χ0v) is 24.7. The predicted molar refractivity (Wildman–Crippen MR) is 139 cm³/mol. The molecule has 3 fully saturated rings. The Morgan fingerprint density at radius 3 is 2.48 bits per heavy atom. The lowest BCUT2D eigenvalue weighted by Crippen LogP contribution is -2.60. The second kappa shape index (κ2) is 11.9. The van der Waals surface area contributed by atoms with Crippen LogP contribution >= 0.6 is 26.9 Å². The Morgan fingerprint density at radius 2 is 1.84 bits per heavy atom. The quantitative estimate of drug-likeness (QED) is 0.108. The molecule has 12 atom stereocenters. The van der Waals surface area contributed by atoms with E-state index >= 15 is 8.78 Å². The Morgan fingerprint density at radius 1 is 1.16 bits per heavy atom. The number of anilines is 1. The minimum atomic E-state index is -5.71. The molecule has 8 N–H and O–H groups in total. The number of phosphoric acid groups is 1. The van der Waals surface area contributed by atoms with Crippen molar-refractivity contribution >= 4 is 43.9 Å². The highest BCUT2D eigenvalue weighted by atomic mass is 32.7. The third-order valence-electron chi connectivity index (χ3n) is 7.36. The van der Waals surface area contributed by atoms with Gasteiger partial charge in [0, 0.05) is 5.92 Å². The minimum absolute atomic E-state index is 0.0297. The van der Waals surface area contributed by atoms with E-state index in [9.17, 15) is 38.8 Å². The maximum absolute atomic E-state index is 16.5. The summed E-state index contributed by atoms with van der Waals surface area (Å²) >= 11 is 3.47. The lowest BCUT2D eigenvalue weighted by Gasteiger charge is -2.41. The van der Waals surface area contributed by atoms with Crippen LogP contribution in [0.4, 0.5) is 19.0 Å². The number of aromatic nitrogens is 4. The second-order valence-corrected chi connectivity index (χ2v) is 14.8. The van der Waals surface area contributed by atoms with Gasteiger partial charge in [-0.15, -0.1) is 0 Å². The van der Waals surface area contributed by atoms with E-state index in [1.54, 1.807) is 0 Å². The predicted octanol–water partition coefficient (Wildman–Crippen LogP) is -0.592. The van der Waals surface area contributed by atoms with Crippen LogP contribution in [0.3, 0.4) is 0 Å². The van der Waals surface area contributed by atoms with Crippen LogP contribution in [0.5, 0.6) is 0 Å². The summed E-state index contributed by atoms with van der Waals surface area (Å²) < 4.78 is 96.5. The SMILES string of the molecule is Nc1ncnc2c1ncn2[C@@H]1O[C@](F)(COP(=O)(S)OP(=O)(O)OC2OC([C@@H](F)CO)C(O)C(O)C2O)[C@@H](O)[C@]1(F)C1CC1. The molecule has 2 saturated heterocycles. The van der Waals surface area contributed by atoms with Crippen molar-refractivity contribution in [1.29, 1.82) is 0 Å². The summed E-state index contributed by atoms with van der Waals surface area (Å²) in [6.07, 6.45) is -15.3. The Labute approximate surface area is 250 Å². The average molecular weight is 697 g/mol. The Balaban J connectivity index is 1.30. The number of nitrogens with two attached hydrogens (primary N) is 1. The molecule has 5 rings (SSSR count). The van der Waals surface area contributed by atoms with Crippen LogP contribution in [0, 0.1) is 5.92 Å². The highest BCUT2D eigenvalue weighted by molar-refractivity contribution is 8.45. The van der Waals surface area contributed by atoms with Crippen LogP contribution < -0.4 is 5.73 Å². The first-order valence-corrected chi connectivity index (χ1v) is 16.9. The minimum Gasteiger partial charge on any atom is -0.393 e. The fourth-order valence-electron chi connectivity index (χ4n) is 5.02. The molecular weight excluding hydrogens is 669 g/mol. The van der Waals surface area contributed by atoms with Gasteiger partial charge >= 0.3 is 14.6 Å². The van der Waals surface area contributed by atoms with Crippen molar-refractivity contribution in [2.45, 2.75) is 73.6 Å². The van der Waals surface area contributed by atoms with Crippen molar-refractivity contribution in [3.05, 3.63) is 12.7 Å². The number of halogens is 3. The summed E-state index contributed by atoms with van der Waals surface area (Å²) in [6, 6.07) is 0. The van der Waals surface area contributed by atoms with Gasteiger partial charge in [0.1, 0.15) is 42.9 Å². The Kier molecular flexibility index (Phi) is 9.19. The standard InChI is InChI=1S/C20H28F3N5O13P2S/c21-8(3-29)13-11(31)10(30)12(32)16(38-13)40-42(34,35)41-43(36,44)37-4-19(22)17(33)20(23,7-1-2-7)18(39-19)28-6-27-9-14(24)25-5-26-15(9)28/h5-8,10-13,16-18,29-33H,1-4H2,(H,34,35)(H,36,44)(H2,24,25,26)/t8-,10?,11?,12?,13?,16?,17+,18+,19+,20+,43?/m0/s1. The van der Waals surface area contributed by atoms with Gasteiger partial charge in [-0.2, -0.15) is 4.31 Å². The summed E-state index contributed by atoms with van der Waals surface area (Å²) in [5, 5.41) is 49.6. The highest BCUT2D eigenvalue weighted by Gasteiger charge is 2.72. The van der Waals surface area contributed by atoms with Crippen LogP contribution in [0.15, 0.2) is 12.7 Å². The van der Waals surface area contributed by atoms with E-state index in [1.807, 2.05) is 0 Å². The number of nitrogen functional groups attached to an aromatic ring is 1. The first-order chi connectivity index (χ1) is 20.4. The third-order valence-corrected chi connectivity index (χ3v) is 10.9. The number of hydrogen-bond acceptors (Lipinski definition) is 16. The zero-order valence-electron chi connectivity index (χ0n) is 22.1. The first kappa shape index (κ1) is 33.9. The summed E-state index contributed by atoms with van der Waals surface area (Å²) in [5.41, 5.74) is 2.92. The fraction of sp³-hybridized carbons (Fsp3) is 0.750. The molecule has 0 bridgehead atoms. The number of phosphoric ester groups is 1. The number of imidazole rings is 1. The van der Waals surface area contributed by atoms with E-state index in [-0.39, 0.29) is 29.8 Å². The molecule has 24 heteroatoms. The fourth-order valence-corrected chi connectivity index (χ4v) is 8.18. The summed E-state index contributed by atoms with van der Waals surface area (Å²) in [6.45, 7) is -7.98. The largest absolute Gasteiger partial charge is 0.482 e. The van der Waals surface area contributed by atoms with E-state index in [0.29, 0.717) is 0 Å². The van der Waals surface area contributed by atoms with Gasteiger partial charge in [-0.1, -0.05) is 12.2 Å². The molecule has 0 amide bonds. The number of hydrogen-bond donors (Lipinski definition) is 8. The van der Waals surface area contributed by atoms with E-state index < -0.39 is 94.5 Å². The van der Waals surface area contributed by atoms with Crippen molar-refractivity contribution in [1.82, 2.24) is 19.5 Å². The number of rotatable bonds is 11. The summed E-state index contributed by atoms with van der Waals surface area (Å²) in [7, 11) is -5.71. The number of aliphatic hydroxyl groups is 5. The van der Waals surface area contributed by atoms with Gasteiger partial charge in [-0.25, -0.2) is 37.3 Å². The van der Waals surface area contributed by atoms with Crippen molar-refractivity contribution in [3.63, 3.8) is 0 Å². The molecule has 2 aromatic rings. The molecule has 2 aromatic heterocycles. The van der Waals surface area contributed by atoms with Gasteiger partial charge in [0.05, 0.1) is 12.9 Å². The van der Waals surface area contributed by atoms with Crippen LogP contribution in [-0.4, -0.2) is 118 Å². The second-order valence-electron chi connectivity index (χ2n) is 10.4. The Hall–Kier alpha value is -1.49. The molecular formula is C20H28F3N5O13P2S. The van der Waals surface area contributed by atoms with E-state index in [2.05, 4.69) is 36.0 Å². The number of nitrogens with zero attached hydrogens (tertiary/aromatic N) is 4. The lowest BCUT2D eigenvalue weighted by atomic mass is 9.90. The maximum Gasteiger partial charge on any atom is 0.482 e. The summed E-state index contributed by atoms with van der Waals surface area (Å²) in [5.74, 6) is -4.43. The number of ether oxygens (including phenoxy) is 2. The van der Waals surface area contributed by atoms with Gasteiger partial charge in [0.25, 0.3) is 5.85 Å². The zero-order chi connectivity index (χ0) is 32.4. The van der Waals surface area contributed by atoms with Crippen LogP contribution in [-0.2, 0) is 32.0 Å². The van der Waals surface area contributed by atoms with Gasteiger partial charge in [-0.3, -0.25) is 13.6 Å². The van der Waals surface area contributed by atoms with Crippen molar-refractivity contribution in [2.75, 3.05) is 18.9 Å². The number of fused-ring (bicyclic) bond motifs is 1. The van der Waals surface area contributed by atoms with Crippen LogP contribution in [0.2, 0.25) is 0 Å². The molecule has 7 unspecified atom stereocenters. The molecule has 0 aromatic carbocycles. The van der Waals surface area contributed by atoms with Crippen molar-refractivity contribution in [3.8, 4) is 0 Å².